The third kappa shape index (κ3) is 4.61. The Morgan fingerprint density at radius 1 is 1.38 bits per heavy atom. The highest BCUT2D eigenvalue weighted by Crippen LogP contribution is 2.11. The molecule has 0 bridgehead atoms. The van der Waals surface area contributed by atoms with Gasteiger partial charge in [-0.3, -0.25) is 9.59 Å². The number of hydrogen-bond acceptors (Lipinski definition) is 3. The quantitative estimate of drug-likeness (QED) is 0.601. The van der Waals surface area contributed by atoms with Crippen molar-refractivity contribution >= 4 is 11.9 Å². The molecule has 0 aromatic carbocycles. The number of carboxylic acids is 1. The largest absolute Gasteiger partial charge is 0.481 e. The molecule has 0 spiro atoms. The summed E-state index contributed by atoms with van der Waals surface area (Å²) in [5.41, 5.74) is 5.07. The van der Waals surface area contributed by atoms with Crippen molar-refractivity contribution < 1.29 is 14.7 Å². The van der Waals surface area contributed by atoms with Gasteiger partial charge in [0.1, 0.15) is 0 Å². The number of hydrogen-bond donors (Lipinski definition) is 3. The number of carbonyl (C=O) groups is 2. The van der Waals surface area contributed by atoms with Crippen LogP contribution in [0.1, 0.15) is 40.0 Å². The lowest BCUT2D eigenvalue weighted by Crippen LogP contribution is -2.53. The summed E-state index contributed by atoms with van der Waals surface area (Å²) in [6, 6.07) is 0. The van der Waals surface area contributed by atoms with Gasteiger partial charge in [0.15, 0.2) is 0 Å². The molecule has 0 saturated carbocycles. The lowest BCUT2D eigenvalue weighted by molar-refractivity contribution is -0.138. The zero-order valence-electron chi connectivity index (χ0n) is 10.2. The molecule has 94 valence electrons. The average molecular weight is 230 g/mol. The molecular weight excluding hydrogens is 208 g/mol. The van der Waals surface area contributed by atoms with Crippen LogP contribution in [0, 0.1) is 5.92 Å². The number of carboxylic acid groups (broad SMARTS) is 1. The van der Waals surface area contributed by atoms with E-state index in [1.54, 1.807) is 6.92 Å². The van der Waals surface area contributed by atoms with Crippen LogP contribution >= 0.6 is 0 Å². The van der Waals surface area contributed by atoms with Crippen LogP contribution < -0.4 is 11.1 Å². The van der Waals surface area contributed by atoms with Crippen LogP contribution in [0.3, 0.4) is 0 Å². The average Bonchev–Trinajstić information content (AvgIpc) is 2.23. The molecular formula is C11H22N2O3. The molecule has 0 aromatic rings. The minimum absolute atomic E-state index is 0.0517. The van der Waals surface area contributed by atoms with Crippen LogP contribution in [-0.2, 0) is 9.59 Å². The van der Waals surface area contributed by atoms with E-state index in [9.17, 15) is 9.59 Å². The second-order valence-corrected chi connectivity index (χ2v) is 4.28. The fourth-order valence-electron chi connectivity index (χ4n) is 1.38. The highest BCUT2D eigenvalue weighted by atomic mass is 16.4. The summed E-state index contributed by atoms with van der Waals surface area (Å²) < 4.78 is 0. The van der Waals surface area contributed by atoms with E-state index in [-0.39, 0.29) is 18.2 Å². The van der Waals surface area contributed by atoms with Gasteiger partial charge < -0.3 is 16.2 Å². The van der Waals surface area contributed by atoms with Gasteiger partial charge in [0, 0.05) is 13.0 Å². The van der Waals surface area contributed by atoms with Crippen molar-refractivity contribution in [1.82, 2.24) is 5.32 Å². The summed E-state index contributed by atoms with van der Waals surface area (Å²) in [4.78, 5) is 22.2. The van der Waals surface area contributed by atoms with E-state index in [2.05, 4.69) is 5.32 Å². The van der Waals surface area contributed by atoms with E-state index in [1.807, 2.05) is 13.8 Å². The van der Waals surface area contributed by atoms with Gasteiger partial charge in [0.05, 0.1) is 5.54 Å². The van der Waals surface area contributed by atoms with Crippen LogP contribution in [0.2, 0.25) is 0 Å². The van der Waals surface area contributed by atoms with Crippen molar-refractivity contribution in [3.8, 4) is 0 Å². The Labute approximate surface area is 96.4 Å². The summed E-state index contributed by atoms with van der Waals surface area (Å²) in [6.07, 6.45) is 1.20. The van der Waals surface area contributed by atoms with Gasteiger partial charge in [-0.15, -0.1) is 0 Å². The number of rotatable bonds is 7. The number of amides is 1. The minimum atomic E-state index is -0.855. The molecule has 16 heavy (non-hydrogen) atoms. The normalized spacial score (nSPS) is 13.2. The molecule has 5 nitrogen and oxygen atoms in total. The molecule has 5 heteroatoms. The van der Waals surface area contributed by atoms with E-state index in [0.717, 1.165) is 0 Å². The van der Waals surface area contributed by atoms with Crippen LogP contribution in [-0.4, -0.2) is 29.1 Å². The summed E-state index contributed by atoms with van der Waals surface area (Å²) in [5.74, 6) is -1.14. The standard InChI is InChI=1S/C11H22N2O3/c1-4-11(12,5-2)10(16)13-7-8(3)6-9(14)15/h8H,4-7,12H2,1-3H3,(H,13,16)(H,14,15). The fraction of sp³-hybridized carbons (Fsp3) is 0.818. The smallest absolute Gasteiger partial charge is 0.303 e. The highest BCUT2D eigenvalue weighted by Gasteiger charge is 2.29. The molecule has 4 N–H and O–H groups in total. The molecule has 0 aliphatic rings. The molecule has 0 radical (unpaired) electrons. The third-order valence-electron chi connectivity index (χ3n) is 2.85. The maximum atomic E-state index is 11.7. The van der Waals surface area contributed by atoms with Crippen molar-refractivity contribution in [1.29, 1.82) is 0 Å². The van der Waals surface area contributed by atoms with E-state index in [1.165, 1.54) is 0 Å². The zero-order chi connectivity index (χ0) is 12.8. The molecule has 0 saturated heterocycles. The number of aliphatic carboxylic acids is 1. The molecule has 0 rings (SSSR count). The first kappa shape index (κ1) is 14.9. The summed E-state index contributed by atoms with van der Waals surface area (Å²) in [6.45, 7) is 5.86. The Hall–Kier alpha value is -1.10. The maximum absolute atomic E-state index is 11.7. The van der Waals surface area contributed by atoms with Crippen molar-refractivity contribution in [3.63, 3.8) is 0 Å². The van der Waals surface area contributed by atoms with Gasteiger partial charge in [-0.2, -0.15) is 0 Å². The Kier molecular flexibility index (Phi) is 6.03. The highest BCUT2D eigenvalue weighted by molar-refractivity contribution is 5.85. The van der Waals surface area contributed by atoms with Gasteiger partial charge in [0.25, 0.3) is 0 Å². The van der Waals surface area contributed by atoms with E-state index in [4.69, 9.17) is 10.8 Å². The second-order valence-electron chi connectivity index (χ2n) is 4.28. The monoisotopic (exact) mass is 230 g/mol. The van der Waals surface area contributed by atoms with Crippen molar-refractivity contribution in [2.24, 2.45) is 11.7 Å². The summed E-state index contributed by atoms with van der Waals surface area (Å²) in [5, 5.41) is 11.3. The van der Waals surface area contributed by atoms with E-state index < -0.39 is 11.5 Å². The van der Waals surface area contributed by atoms with Crippen LogP contribution in [0.5, 0.6) is 0 Å². The van der Waals surface area contributed by atoms with E-state index >= 15 is 0 Å². The van der Waals surface area contributed by atoms with Gasteiger partial charge in [-0.25, -0.2) is 0 Å². The summed E-state index contributed by atoms with van der Waals surface area (Å²) >= 11 is 0. The Morgan fingerprint density at radius 3 is 2.25 bits per heavy atom. The number of carbonyl (C=O) groups excluding carboxylic acids is 1. The third-order valence-corrected chi connectivity index (χ3v) is 2.85. The summed E-state index contributed by atoms with van der Waals surface area (Å²) in [7, 11) is 0. The van der Waals surface area contributed by atoms with Crippen molar-refractivity contribution in [3.05, 3.63) is 0 Å². The maximum Gasteiger partial charge on any atom is 0.303 e. The first-order chi connectivity index (χ1) is 7.35. The molecule has 0 aliphatic carbocycles. The SMILES string of the molecule is CCC(N)(CC)C(=O)NCC(C)CC(=O)O. The molecule has 0 aliphatic heterocycles. The number of nitrogens with two attached hydrogens (primary N) is 1. The van der Waals surface area contributed by atoms with E-state index in [0.29, 0.717) is 19.4 Å². The first-order valence-corrected chi connectivity index (χ1v) is 5.64. The van der Waals surface area contributed by atoms with Crippen LogP contribution in [0.15, 0.2) is 0 Å². The van der Waals surface area contributed by atoms with Gasteiger partial charge in [0.2, 0.25) is 5.91 Å². The Bertz CT molecular complexity index is 250. The Balaban J connectivity index is 4.11. The molecule has 0 fully saturated rings. The molecule has 0 heterocycles. The Morgan fingerprint density at radius 2 is 1.88 bits per heavy atom. The molecule has 1 atom stereocenters. The predicted octanol–water partition coefficient (Wildman–Crippen LogP) is 0.731. The lowest BCUT2D eigenvalue weighted by atomic mass is 9.93. The fourth-order valence-corrected chi connectivity index (χ4v) is 1.38. The van der Waals surface area contributed by atoms with Gasteiger partial charge >= 0.3 is 5.97 Å². The van der Waals surface area contributed by atoms with Crippen LogP contribution in [0.4, 0.5) is 0 Å². The second kappa shape index (κ2) is 6.48. The predicted molar refractivity (Wildman–Crippen MR) is 61.9 cm³/mol. The van der Waals surface area contributed by atoms with Gasteiger partial charge in [-0.1, -0.05) is 20.8 Å². The first-order valence-electron chi connectivity index (χ1n) is 5.64. The number of nitrogens with one attached hydrogen (secondary N) is 1. The zero-order valence-corrected chi connectivity index (χ0v) is 10.2. The minimum Gasteiger partial charge on any atom is -0.481 e. The van der Waals surface area contributed by atoms with Gasteiger partial charge in [-0.05, 0) is 18.8 Å². The molecule has 1 amide bonds. The van der Waals surface area contributed by atoms with Crippen molar-refractivity contribution in [2.45, 2.75) is 45.6 Å². The molecule has 1 unspecified atom stereocenters. The topological polar surface area (TPSA) is 92.4 Å². The van der Waals surface area contributed by atoms with Crippen molar-refractivity contribution in [2.75, 3.05) is 6.54 Å². The molecule has 0 aromatic heterocycles. The lowest BCUT2D eigenvalue weighted by Gasteiger charge is -2.25. The van der Waals surface area contributed by atoms with Crippen LogP contribution in [0.25, 0.3) is 0 Å².